The minimum absolute atomic E-state index is 0.714. The molecule has 1 aliphatic heterocycles. The van der Waals surface area contributed by atoms with Crippen molar-refractivity contribution in [3.8, 4) is 0 Å². The van der Waals surface area contributed by atoms with Crippen LogP contribution in [0.15, 0.2) is 30.3 Å². The quantitative estimate of drug-likeness (QED) is 0.793. The van der Waals surface area contributed by atoms with Crippen LogP contribution in [0.25, 0.3) is 0 Å². The Balaban J connectivity index is 1.62. The van der Waals surface area contributed by atoms with Crippen molar-refractivity contribution in [2.45, 2.75) is 38.8 Å². The number of hydrogen-bond donors (Lipinski definition) is 1. The summed E-state index contributed by atoms with van der Waals surface area (Å²) in [7, 11) is 2.23. The number of hydrogen-bond acceptors (Lipinski definition) is 3. The lowest BCUT2D eigenvalue weighted by Gasteiger charge is -2.33. The topological polar surface area (TPSA) is 18.5 Å². The summed E-state index contributed by atoms with van der Waals surface area (Å²) in [5.74, 6) is 0. The standard InChI is InChI=1S/C18H31N3/c1-3-19-18-11-7-13-21(16-18)14-8-12-20(2)15-17-9-5-4-6-10-17/h4-6,9-10,18-19H,3,7-8,11-16H2,1-2H3. The van der Waals surface area contributed by atoms with Crippen molar-refractivity contribution >= 4 is 0 Å². The largest absolute Gasteiger partial charge is 0.313 e. The van der Waals surface area contributed by atoms with Gasteiger partial charge in [-0.2, -0.15) is 0 Å². The molecule has 1 aromatic rings. The van der Waals surface area contributed by atoms with Crippen LogP contribution in [0, 0.1) is 0 Å². The molecule has 0 aliphatic carbocycles. The Bertz CT molecular complexity index is 377. The predicted octanol–water partition coefficient (Wildman–Crippen LogP) is 2.58. The summed E-state index contributed by atoms with van der Waals surface area (Å²) in [6.45, 7) is 9.29. The molecule has 0 saturated carbocycles. The molecular formula is C18H31N3. The van der Waals surface area contributed by atoms with E-state index in [1.54, 1.807) is 0 Å². The third kappa shape index (κ3) is 6.16. The molecule has 0 amide bonds. The minimum Gasteiger partial charge on any atom is -0.313 e. The van der Waals surface area contributed by atoms with Gasteiger partial charge < -0.3 is 15.1 Å². The van der Waals surface area contributed by atoms with Gasteiger partial charge in [-0.25, -0.2) is 0 Å². The average molecular weight is 289 g/mol. The molecule has 1 atom stereocenters. The predicted molar refractivity (Wildman–Crippen MR) is 90.5 cm³/mol. The maximum atomic E-state index is 3.59. The van der Waals surface area contributed by atoms with Gasteiger partial charge >= 0.3 is 0 Å². The summed E-state index contributed by atoms with van der Waals surface area (Å²) >= 11 is 0. The molecule has 1 aromatic carbocycles. The molecule has 21 heavy (non-hydrogen) atoms. The average Bonchev–Trinajstić information content (AvgIpc) is 2.49. The first-order valence-corrected chi connectivity index (χ1v) is 8.46. The van der Waals surface area contributed by atoms with E-state index in [9.17, 15) is 0 Å². The lowest BCUT2D eigenvalue weighted by atomic mass is 10.1. The normalized spacial score (nSPS) is 20.0. The Morgan fingerprint density at radius 3 is 2.86 bits per heavy atom. The van der Waals surface area contributed by atoms with E-state index in [2.05, 4.69) is 59.4 Å². The summed E-state index contributed by atoms with van der Waals surface area (Å²) in [6, 6.07) is 11.5. The van der Waals surface area contributed by atoms with Gasteiger partial charge in [0.25, 0.3) is 0 Å². The van der Waals surface area contributed by atoms with Crippen LogP contribution in [0.4, 0.5) is 0 Å². The van der Waals surface area contributed by atoms with Crippen molar-refractivity contribution in [2.75, 3.05) is 39.8 Å². The number of benzene rings is 1. The Morgan fingerprint density at radius 1 is 1.29 bits per heavy atom. The van der Waals surface area contributed by atoms with Crippen molar-refractivity contribution in [3.63, 3.8) is 0 Å². The fourth-order valence-corrected chi connectivity index (χ4v) is 3.25. The highest BCUT2D eigenvalue weighted by Crippen LogP contribution is 2.10. The third-order valence-electron chi connectivity index (χ3n) is 4.31. The molecule has 1 aliphatic rings. The van der Waals surface area contributed by atoms with E-state index in [0.717, 1.165) is 13.1 Å². The van der Waals surface area contributed by atoms with Gasteiger partial charge in [-0.05, 0) is 58.1 Å². The van der Waals surface area contributed by atoms with Gasteiger partial charge in [0, 0.05) is 19.1 Å². The van der Waals surface area contributed by atoms with Gasteiger partial charge in [-0.3, -0.25) is 0 Å². The van der Waals surface area contributed by atoms with E-state index in [-0.39, 0.29) is 0 Å². The van der Waals surface area contributed by atoms with Gasteiger partial charge in [0.2, 0.25) is 0 Å². The summed E-state index contributed by atoms with van der Waals surface area (Å²) in [5, 5.41) is 3.59. The van der Waals surface area contributed by atoms with Crippen LogP contribution in [0.3, 0.4) is 0 Å². The van der Waals surface area contributed by atoms with Crippen molar-refractivity contribution in [1.29, 1.82) is 0 Å². The second kappa shape index (κ2) is 9.19. The van der Waals surface area contributed by atoms with E-state index in [0.29, 0.717) is 6.04 Å². The van der Waals surface area contributed by atoms with Crippen molar-refractivity contribution in [2.24, 2.45) is 0 Å². The van der Waals surface area contributed by atoms with Gasteiger partial charge in [-0.15, -0.1) is 0 Å². The third-order valence-corrected chi connectivity index (χ3v) is 4.31. The number of likely N-dealkylation sites (N-methyl/N-ethyl adjacent to an activating group) is 1. The summed E-state index contributed by atoms with van der Waals surface area (Å²) in [6.07, 6.45) is 3.96. The Kier molecular flexibility index (Phi) is 7.20. The van der Waals surface area contributed by atoms with Gasteiger partial charge in [0.05, 0.1) is 0 Å². The Morgan fingerprint density at radius 2 is 2.10 bits per heavy atom. The van der Waals surface area contributed by atoms with Crippen molar-refractivity contribution in [3.05, 3.63) is 35.9 Å². The molecule has 2 rings (SSSR count). The molecular weight excluding hydrogens is 258 g/mol. The molecule has 3 nitrogen and oxygen atoms in total. The maximum Gasteiger partial charge on any atom is 0.0230 e. The van der Waals surface area contributed by atoms with Crippen LogP contribution in [-0.2, 0) is 6.54 Å². The highest BCUT2D eigenvalue weighted by atomic mass is 15.2. The molecule has 3 heteroatoms. The van der Waals surface area contributed by atoms with Crippen LogP contribution in [0.1, 0.15) is 31.7 Å². The highest BCUT2D eigenvalue weighted by molar-refractivity contribution is 5.14. The number of likely N-dealkylation sites (tertiary alicyclic amines) is 1. The Hall–Kier alpha value is -0.900. The number of rotatable bonds is 8. The molecule has 1 N–H and O–H groups in total. The number of nitrogens with one attached hydrogen (secondary N) is 1. The molecule has 1 saturated heterocycles. The molecule has 0 aromatic heterocycles. The van der Waals surface area contributed by atoms with E-state index < -0.39 is 0 Å². The summed E-state index contributed by atoms with van der Waals surface area (Å²) < 4.78 is 0. The lowest BCUT2D eigenvalue weighted by Crippen LogP contribution is -2.46. The second-order valence-electron chi connectivity index (χ2n) is 6.27. The van der Waals surface area contributed by atoms with Gasteiger partial charge in [0.1, 0.15) is 0 Å². The first kappa shape index (κ1) is 16.5. The van der Waals surface area contributed by atoms with E-state index in [4.69, 9.17) is 0 Å². The smallest absolute Gasteiger partial charge is 0.0230 e. The first-order valence-electron chi connectivity index (χ1n) is 8.46. The van der Waals surface area contributed by atoms with Crippen LogP contribution in [-0.4, -0.2) is 55.6 Å². The van der Waals surface area contributed by atoms with Gasteiger partial charge in [-0.1, -0.05) is 37.3 Å². The number of piperidine rings is 1. The second-order valence-corrected chi connectivity index (χ2v) is 6.27. The Labute approximate surface area is 130 Å². The highest BCUT2D eigenvalue weighted by Gasteiger charge is 2.18. The molecule has 1 fully saturated rings. The zero-order valence-electron chi connectivity index (χ0n) is 13.7. The van der Waals surface area contributed by atoms with Crippen molar-refractivity contribution in [1.82, 2.24) is 15.1 Å². The zero-order chi connectivity index (χ0) is 14.9. The van der Waals surface area contributed by atoms with Crippen molar-refractivity contribution < 1.29 is 0 Å². The maximum absolute atomic E-state index is 3.59. The first-order chi connectivity index (χ1) is 10.3. The molecule has 0 radical (unpaired) electrons. The van der Waals surface area contributed by atoms with E-state index in [1.807, 2.05) is 0 Å². The van der Waals surface area contributed by atoms with Gasteiger partial charge in [0.15, 0.2) is 0 Å². The molecule has 0 spiro atoms. The minimum atomic E-state index is 0.714. The van der Waals surface area contributed by atoms with Crippen LogP contribution >= 0.6 is 0 Å². The fraction of sp³-hybridized carbons (Fsp3) is 0.667. The zero-order valence-corrected chi connectivity index (χ0v) is 13.7. The fourth-order valence-electron chi connectivity index (χ4n) is 3.25. The molecule has 1 unspecified atom stereocenters. The number of nitrogens with zero attached hydrogens (tertiary/aromatic N) is 2. The van der Waals surface area contributed by atoms with E-state index in [1.165, 1.54) is 51.0 Å². The van der Waals surface area contributed by atoms with Crippen LogP contribution in [0.2, 0.25) is 0 Å². The lowest BCUT2D eigenvalue weighted by molar-refractivity contribution is 0.181. The summed E-state index contributed by atoms with van der Waals surface area (Å²) in [5.41, 5.74) is 1.41. The summed E-state index contributed by atoms with van der Waals surface area (Å²) in [4.78, 5) is 5.06. The molecule has 1 heterocycles. The van der Waals surface area contributed by atoms with E-state index >= 15 is 0 Å². The van der Waals surface area contributed by atoms with Crippen LogP contribution < -0.4 is 5.32 Å². The SMILES string of the molecule is CCNC1CCCN(CCCN(C)Cc2ccccc2)C1. The molecule has 118 valence electrons. The molecule has 0 bridgehead atoms. The van der Waals surface area contributed by atoms with Crippen LogP contribution in [0.5, 0.6) is 0 Å². The monoisotopic (exact) mass is 289 g/mol.